The number of para-hydroxylation sites is 1. The van der Waals surface area contributed by atoms with Gasteiger partial charge < -0.3 is 5.73 Å². The number of nitrogens with two attached hydrogens (primary N) is 1. The largest absolute Gasteiger partial charge is 0.383 e. The zero-order valence-corrected chi connectivity index (χ0v) is 10.3. The van der Waals surface area contributed by atoms with Gasteiger partial charge in [0.1, 0.15) is 24.8 Å². The summed E-state index contributed by atoms with van der Waals surface area (Å²) in [6, 6.07) is 7.39. The molecular weight excluding hydrogens is 260 g/mol. The van der Waals surface area contributed by atoms with Gasteiger partial charge >= 0.3 is 5.69 Å². The fourth-order valence-electron chi connectivity index (χ4n) is 1.90. The Morgan fingerprint density at radius 2 is 2.10 bits per heavy atom. The molecule has 2 heterocycles. The number of hydrogen-bond acceptors (Lipinski definition) is 6. The molecule has 0 radical (unpaired) electrons. The first-order valence-electron chi connectivity index (χ1n) is 5.81. The van der Waals surface area contributed by atoms with Crippen molar-refractivity contribution in [3.63, 3.8) is 0 Å². The first kappa shape index (κ1) is 12.0. The van der Waals surface area contributed by atoms with Gasteiger partial charge in [0.15, 0.2) is 5.82 Å². The predicted molar refractivity (Wildman–Crippen MR) is 71.9 cm³/mol. The van der Waals surface area contributed by atoms with Crippen LogP contribution in [0.5, 0.6) is 0 Å². The molecule has 100 valence electrons. The van der Waals surface area contributed by atoms with Crippen molar-refractivity contribution in [1.29, 1.82) is 0 Å². The van der Waals surface area contributed by atoms with Crippen LogP contribution in [-0.2, 0) is 6.54 Å². The first-order valence-corrected chi connectivity index (χ1v) is 5.81. The fourth-order valence-corrected chi connectivity index (χ4v) is 1.90. The Labute approximate surface area is 113 Å². The Morgan fingerprint density at radius 1 is 1.30 bits per heavy atom. The number of hydrogen-bond donors (Lipinski definition) is 1. The molecule has 0 aliphatic carbocycles. The van der Waals surface area contributed by atoms with Gasteiger partial charge in [-0.2, -0.15) is 5.10 Å². The van der Waals surface area contributed by atoms with Crippen LogP contribution in [0.3, 0.4) is 0 Å². The molecule has 0 bridgehead atoms. The smallest absolute Gasteiger partial charge is 0.307 e. The standard InChI is InChI=1S/C12H10N6O2/c13-12-9-3-1-2-4-10(9)15-11(16-12)7-17-6-8(5-14-17)18(19)20/h1-6H,7H2,(H2,13,15,16). The van der Waals surface area contributed by atoms with Gasteiger partial charge in [-0.05, 0) is 12.1 Å². The molecule has 0 amide bonds. The summed E-state index contributed by atoms with van der Waals surface area (Å²) in [4.78, 5) is 18.6. The third kappa shape index (κ3) is 2.14. The molecule has 8 nitrogen and oxygen atoms in total. The van der Waals surface area contributed by atoms with Crippen molar-refractivity contribution in [3.05, 3.63) is 52.6 Å². The van der Waals surface area contributed by atoms with Crippen molar-refractivity contribution in [2.75, 3.05) is 5.73 Å². The Kier molecular flexibility index (Phi) is 2.75. The van der Waals surface area contributed by atoms with Crippen LogP contribution in [0.1, 0.15) is 5.82 Å². The van der Waals surface area contributed by atoms with Crippen LogP contribution in [0.2, 0.25) is 0 Å². The molecule has 0 saturated heterocycles. The summed E-state index contributed by atoms with van der Waals surface area (Å²) in [6.45, 7) is 0.225. The van der Waals surface area contributed by atoms with E-state index in [4.69, 9.17) is 5.73 Å². The summed E-state index contributed by atoms with van der Waals surface area (Å²) in [7, 11) is 0. The minimum Gasteiger partial charge on any atom is -0.383 e. The molecule has 8 heteroatoms. The number of fused-ring (bicyclic) bond motifs is 1. The molecule has 0 atom stereocenters. The van der Waals surface area contributed by atoms with Gasteiger partial charge in [-0.25, -0.2) is 9.97 Å². The Balaban J connectivity index is 1.96. The highest BCUT2D eigenvalue weighted by atomic mass is 16.6. The third-order valence-corrected chi connectivity index (χ3v) is 2.81. The summed E-state index contributed by atoms with van der Waals surface area (Å²) in [5, 5.41) is 15.3. The molecule has 0 fully saturated rings. The zero-order valence-electron chi connectivity index (χ0n) is 10.3. The number of nitrogens with zero attached hydrogens (tertiary/aromatic N) is 5. The van der Waals surface area contributed by atoms with E-state index in [1.165, 1.54) is 17.1 Å². The molecule has 20 heavy (non-hydrogen) atoms. The van der Waals surface area contributed by atoms with Crippen molar-refractivity contribution >= 4 is 22.4 Å². The molecular formula is C12H10N6O2. The normalized spacial score (nSPS) is 10.8. The summed E-state index contributed by atoms with van der Waals surface area (Å²) in [6.07, 6.45) is 2.51. The second-order valence-electron chi connectivity index (χ2n) is 4.20. The lowest BCUT2D eigenvalue weighted by molar-refractivity contribution is -0.385. The number of nitro groups is 1. The number of nitrogen functional groups attached to an aromatic ring is 1. The number of benzene rings is 1. The Bertz CT molecular complexity index is 797. The van der Waals surface area contributed by atoms with E-state index in [-0.39, 0.29) is 12.2 Å². The molecule has 3 aromatic rings. The van der Waals surface area contributed by atoms with Crippen molar-refractivity contribution in [1.82, 2.24) is 19.7 Å². The van der Waals surface area contributed by atoms with Gasteiger partial charge in [0.25, 0.3) is 0 Å². The van der Waals surface area contributed by atoms with Gasteiger partial charge in [0.05, 0.1) is 10.4 Å². The maximum Gasteiger partial charge on any atom is 0.307 e. The van der Waals surface area contributed by atoms with Gasteiger partial charge in [0.2, 0.25) is 0 Å². The molecule has 1 aromatic carbocycles. The molecule has 2 N–H and O–H groups in total. The number of anilines is 1. The molecule has 0 aliphatic heterocycles. The predicted octanol–water partition coefficient (Wildman–Crippen LogP) is 1.36. The van der Waals surface area contributed by atoms with E-state index in [0.29, 0.717) is 11.6 Å². The van der Waals surface area contributed by atoms with E-state index in [9.17, 15) is 10.1 Å². The Morgan fingerprint density at radius 3 is 2.85 bits per heavy atom. The van der Waals surface area contributed by atoms with Crippen LogP contribution >= 0.6 is 0 Å². The SMILES string of the molecule is Nc1nc(Cn2cc([N+](=O)[O-])cn2)nc2ccccc12. The van der Waals surface area contributed by atoms with Crippen molar-refractivity contribution in [2.45, 2.75) is 6.54 Å². The highest BCUT2D eigenvalue weighted by Crippen LogP contribution is 2.17. The van der Waals surface area contributed by atoms with E-state index < -0.39 is 4.92 Å². The van der Waals surface area contributed by atoms with Crippen LogP contribution in [0.4, 0.5) is 11.5 Å². The van der Waals surface area contributed by atoms with E-state index >= 15 is 0 Å². The summed E-state index contributed by atoms with van der Waals surface area (Å²) >= 11 is 0. The molecule has 0 aliphatic rings. The highest BCUT2D eigenvalue weighted by Gasteiger charge is 2.11. The number of rotatable bonds is 3. The van der Waals surface area contributed by atoms with E-state index in [1.807, 2.05) is 24.3 Å². The maximum absolute atomic E-state index is 10.6. The third-order valence-electron chi connectivity index (χ3n) is 2.81. The minimum atomic E-state index is -0.501. The van der Waals surface area contributed by atoms with Crippen LogP contribution < -0.4 is 5.73 Å². The summed E-state index contributed by atoms with van der Waals surface area (Å²) in [5.41, 5.74) is 6.54. The lowest BCUT2D eigenvalue weighted by Gasteiger charge is -2.05. The fraction of sp³-hybridized carbons (Fsp3) is 0.0833. The van der Waals surface area contributed by atoms with Crippen LogP contribution in [0.25, 0.3) is 10.9 Å². The molecule has 0 saturated carbocycles. The van der Waals surface area contributed by atoms with Gasteiger partial charge in [-0.15, -0.1) is 0 Å². The minimum absolute atomic E-state index is 0.0706. The average molecular weight is 270 g/mol. The Hall–Kier alpha value is -3.03. The van der Waals surface area contributed by atoms with Crippen molar-refractivity contribution in [2.24, 2.45) is 0 Å². The van der Waals surface area contributed by atoms with E-state index in [2.05, 4.69) is 15.1 Å². The quantitative estimate of drug-likeness (QED) is 0.568. The highest BCUT2D eigenvalue weighted by molar-refractivity contribution is 5.87. The van der Waals surface area contributed by atoms with Crippen LogP contribution in [-0.4, -0.2) is 24.7 Å². The topological polar surface area (TPSA) is 113 Å². The van der Waals surface area contributed by atoms with Crippen LogP contribution in [0.15, 0.2) is 36.7 Å². The number of aromatic nitrogens is 4. The lowest BCUT2D eigenvalue weighted by Crippen LogP contribution is -2.07. The van der Waals surface area contributed by atoms with Gasteiger partial charge in [0, 0.05) is 5.39 Å². The lowest BCUT2D eigenvalue weighted by atomic mass is 10.2. The summed E-state index contributed by atoms with van der Waals surface area (Å²) in [5.74, 6) is 0.839. The van der Waals surface area contributed by atoms with E-state index in [1.54, 1.807) is 0 Å². The molecule has 0 unspecified atom stereocenters. The summed E-state index contributed by atoms with van der Waals surface area (Å²) < 4.78 is 1.40. The second-order valence-corrected chi connectivity index (χ2v) is 4.20. The van der Waals surface area contributed by atoms with E-state index in [0.717, 1.165) is 10.9 Å². The second kappa shape index (κ2) is 4.57. The maximum atomic E-state index is 10.6. The zero-order chi connectivity index (χ0) is 14.1. The monoisotopic (exact) mass is 270 g/mol. The van der Waals surface area contributed by atoms with Crippen molar-refractivity contribution < 1.29 is 4.92 Å². The molecule has 2 aromatic heterocycles. The van der Waals surface area contributed by atoms with Crippen molar-refractivity contribution in [3.8, 4) is 0 Å². The average Bonchev–Trinajstić information content (AvgIpc) is 2.87. The molecule has 3 rings (SSSR count). The van der Waals surface area contributed by atoms with Gasteiger partial charge in [-0.3, -0.25) is 14.8 Å². The molecule has 0 spiro atoms. The van der Waals surface area contributed by atoms with Crippen LogP contribution in [0, 0.1) is 10.1 Å². The first-order chi connectivity index (χ1) is 9.63. The van der Waals surface area contributed by atoms with Gasteiger partial charge in [-0.1, -0.05) is 12.1 Å².